The summed E-state index contributed by atoms with van der Waals surface area (Å²) in [5.74, 6) is 0. The van der Waals surface area contributed by atoms with Crippen molar-refractivity contribution in [1.29, 1.82) is 0 Å². The van der Waals surface area contributed by atoms with Crippen molar-refractivity contribution in [3.05, 3.63) is 54.2 Å². The molecule has 4 heteroatoms. The van der Waals surface area contributed by atoms with E-state index in [0.717, 1.165) is 9.35 Å². The van der Waals surface area contributed by atoms with Gasteiger partial charge in [-0.1, -0.05) is 12.1 Å². The zero-order valence-electron chi connectivity index (χ0n) is 9.28. The molecule has 0 fully saturated rings. The molecular formula is C13H12BrIOS. The Balaban J connectivity index is 2.21. The number of aliphatic hydroxyl groups is 1. The normalized spacial score (nSPS) is 14.6. The van der Waals surface area contributed by atoms with Crippen LogP contribution >= 0.6 is 49.9 Å². The standard InChI is InChI=1S/C13H12BrIOS/c1-13(16,8-11-6-7-12(14)17-11)9-2-4-10(15)5-3-9/h2-7,16H,8H2,1H3. The van der Waals surface area contributed by atoms with Gasteiger partial charge in [0.25, 0.3) is 0 Å². The lowest BCUT2D eigenvalue weighted by Gasteiger charge is -2.23. The second-order valence-corrected chi connectivity index (χ2v) is 7.96. The van der Waals surface area contributed by atoms with Crippen molar-refractivity contribution in [2.45, 2.75) is 18.9 Å². The summed E-state index contributed by atoms with van der Waals surface area (Å²) in [5.41, 5.74) is 0.150. The van der Waals surface area contributed by atoms with E-state index >= 15 is 0 Å². The maximum atomic E-state index is 10.5. The van der Waals surface area contributed by atoms with Crippen molar-refractivity contribution in [3.8, 4) is 0 Å². The maximum absolute atomic E-state index is 10.5. The van der Waals surface area contributed by atoms with Crippen molar-refractivity contribution in [1.82, 2.24) is 0 Å². The van der Waals surface area contributed by atoms with Crippen molar-refractivity contribution < 1.29 is 5.11 Å². The first-order valence-electron chi connectivity index (χ1n) is 5.20. The molecule has 1 N–H and O–H groups in total. The molecule has 1 nitrogen and oxygen atoms in total. The first-order chi connectivity index (χ1) is 7.97. The van der Waals surface area contributed by atoms with Gasteiger partial charge in [-0.05, 0) is 75.3 Å². The van der Waals surface area contributed by atoms with Crippen molar-refractivity contribution >= 4 is 49.9 Å². The van der Waals surface area contributed by atoms with Gasteiger partial charge in [0.1, 0.15) is 0 Å². The molecule has 1 unspecified atom stereocenters. The van der Waals surface area contributed by atoms with E-state index < -0.39 is 5.60 Å². The van der Waals surface area contributed by atoms with Crippen LogP contribution < -0.4 is 0 Å². The molecule has 0 saturated heterocycles. The van der Waals surface area contributed by atoms with Crippen LogP contribution in [0, 0.1) is 3.57 Å². The number of benzene rings is 1. The fourth-order valence-electron chi connectivity index (χ4n) is 1.70. The van der Waals surface area contributed by atoms with E-state index in [2.05, 4.69) is 44.6 Å². The summed E-state index contributed by atoms with van der Waals surface area (Å²) in [6, 6.07) is 12.1. The summed E-state index contributed by atoms with van der Waals surface area (Å²) < 4.78 is 2.28. The number of thiophene rings is 1. The van der Waals surface area contributed by atoms with Crippen molar-refractivity contribution in [2.75, 3.05) is 0 Å². The Bertz CT molecular complexity index is 504. The van der Waals surface area contributed by atoms with E-state index in [1.54, 1.807) is 11.3 Å². The first-order valence-corrected chi connectivity index (χ1v) is 7.89. The Labute approximate surface area is 127 Å². The van der Waals surface area contributed by atoms with Crippen LogP contribution in [0.1, 0.15) is 17.4 Å². The topological polar surface area (TPSA) is 20.2 Å². The molecule has 2 aromatic rings. The van der Waals surface area contributed by atoms with Gasteiger partial charge in [-0.25, -0.2) is 0 Å². The smallest absolute Gasteiger partial charge is 0.0916 e. The lowest BCUT2D eigenvalue weighted by molar-refractivity contribution is 0.0585. The lowest BCUT2D eigenvalue weighted by Crippen LogP contribution is -2.23. The van der Waals surface area contributed by atoms with E-state index in [1.807, 2.05) is 37.3 Å². The molecule has 1 heterocycles. The van der Waals surface area contributed by atoms with Crippen molar-refractivity contribution in [3.63, 3.8) is 0 Å². The van der Waals surface area contributed by atoms with E-state index in [9.17, 15) is 5.11 Å². The Kier molecular flexibility index (Phi) is 4.28. The van der Waals surface area contributed by atoms with Crippen LogP contribution in [0.25, 0.3) is 0 Å². The second-order valence-electron chi connectivity index (χ2n) is 4.16. The first kappa shape index (κ1) is 13.5. The third kappa shape index (κ3) is 3.53. The molecule has 0 spiro atoms. The van der Waals surface area contributed by atoms with Gasteiger partial charge in [-0.2, -0.15) is 0 Å². The summed E-state index contributed by atoms with van der Waals surface area (Å²) in [6.07, 6.45) is 0.643. The Morgan fingerprint density at radius 3 is 2.41 bits per heavy atom. The molecular weight excluding hydrogens is 411 g/mol. The predicted molar refractivity (Wildman–Crippen MR) is 84.5 cm³/mol. The third-order valence-corrected chi connectivity index (χ3v) is 4.96. The minimum atomic E-state index is -0.811. The fourth-order valence-corrected chi connectivity index (χ4v) is 3.69. The second kappa shape index (κ2) is 5.38. The van der Waals surface area contributed by atoms with Gasteiger partial charge < -0.3 is 5.11 Å². The van der Waals surface area contributed by atoms with Crippen molar-refractivity contribution in [2.24, 2.45) is 0 Å². The van der Waals surface area contributed by atoms with Crippen LogP contribution in [0.3, 0.4) is 0 Å². The minimum Gasteiger partial charge on any atom is -0.385 e. The minimum absolute atomic E-state index is 0.643. The summed E-state index contributed by atoms with van der Waals surface area (Å²) in [6.45, 7) is 1.86. The zero-order valence-corrected chi connectivity index (χ0v) is 13.8. The molecule has 2 rings (SSSR count). The fraction of sp³-hybridized carbons (Fsp3) is 0.231. The summed E-state index contributed by atoms with van der Waals surface area (Å²) in [7, 11) is 0. The number of halogens is 2. The molecule has 0 aliphatic rings. The highest BCUT2D eigenvalue weighted by atomic mass is 127. The summed E-state index contributed by atoms with van der Waals surface area (Å²) in [5, 5.41) is 10.5. The molecule has 0 aliphatic heterocycles. The SMILES string of the molecule is CC(O)(Cc1ccc(Br)s1)c1ccc(I)cc1. The number of hydrogen-bond donors (Lipinski definition) is 1. The largest absolute Gasteiger partial charge is 0.385 e. The lowest BCUT2D eigenvalue weighted by atomic mass is 9.92. The third-order valence-electron chi connectivity index (χ3n) is 2.61. The van der Waals surface area contributed by atoms with Gasteiger partial charge in [0, 0.05) is 14.9 Å². The molecule has 0 amide bonds. The molecule has 90 valence electrons. The van der Waals surface area contributed by atoms with Crippen LogP contribution in [0.2, 0.25) is 0 Å². The Morgan fingerprint density at radius 2 is 1.88 bits per heavy atom. The Morgan fingerprint density at radius 1 is 1.24 bits per heavy atom. The van der Waals surface area contributed by atoms with Crippen LogP contribution in [-0.2, 0) is 12.0 Å². The van der Waals surface area contributed by atoms with E-state index in [-0.39, 0.29) is 0 Å². The molecule has 0 aliphatic carbocycles. The molecule has 1 aromatic carbocycles. The van der Waals surface area contributed by atoms with Crippen LogP contribution in [0.5, 0.6) is 0 Å². The van der Waals surface area contributed by atoms with Crippen LogP contribution in [0.15, 0.2) is 40.2 Å². The number of rotatable bonds is 3. The average Bonchev–Trinajstić information content (AvgIpc) is 2.63. The molecule has 0 bridgehead atoms. The van der Waals surface area contributed by atoms with Crippen LogP contribution in [0.4, 0.5) is 0 Å². The van der Waals surface area contributed by atoms with E-state index in [1.165, 1.54) is 8.45 Å². The zero-order chi connectivity index (χ0) is 12.5. The quantitative estimate of drug-likeness (QED) is 0.718. The average molecular weight is 423 g/mol. The van der Waals surface area contributed by atoms with Gasteiger partial charge in [0.05, 0.1) is 9.39 Å². The molecule has 17 heavy (non-hydrogen) atoms. The van der Waals surface area contributed by atoms with E-state index in [4.69, 9.17) is 0 Å². The van der Waals surface area contributed by atoms with Gasteiger partial charge in [0.15, 0.2) is 0 Å². The maximum Gasteiger partial charge on any atom is 0.0916 e. The van der Waals surface area contributed by atoms with Crippen LogP contribution in [-0.4, -0.2) is 5.11 Å². The molecule has 1 aromatic heterocycles. The highest BCUT2D eigenvalue weighted by Crippen LogP contribution is 2.30. The number of hydrogen-bond acceptors (Lipinski definition) is 2. The molecule has 0 saturated carbocycles. The summed E-state index contributed by atoms with van der Waals surface area (Å²) in [4.78, 5) is 1.18. The highest BCUT2D eigenvalue weighted by Gasteiger charge is 2.24. The molecule has 0 radical (unpaired) electrons. The van der Waals surface area contributed by atoms with Gasteiger partial charge in [-0.15, -0.1) is 11.3 Å². The predicted octanol–water partition coefficient (Wildman–Crippen LogP) is 4.57. The highest BCUT2D eigenvalue weighted by molar-refractivity contribution is 14.1. The monoisotopic (exact) mass is 422 g/mol. The summed E-state index contributed by atoms with van der Waals surface area (Å²) >= 11 is 7.37. The van der Waals surface area contributed by atoms with Gasteiger partial charge in [0.2, 0.25) is 0 Å². The van der Waals surface area contributed by atoms with Gasteiger partial charge in [-0.3, -0.25) is 0 Å². The van der Waals surface area contributed by atoms with E-state index in [0.29, 0.717) is 6.42 Å². The Hall–Kier alpha value is 0.0900. The van der Waals surface area contributed by atoms with Gasteiger partial charge >= 0.3 is 0 Å². The molecule has 1 atom stereocenters.